The Bertz CT molecular complexity index is 529. The zero-order chi connectivity index (χ0) is 17.0. The maximum absolute atomic E-state index is 12.3. The quantitative estimate of drug-likeness (QED) is 0.896. The van der Waals surface area contributed by atoms with Gasteiger partial charge in [-0.05, 0) is 32.1 Å². The maximum atomic E-state index is 12.3. The zero-order valence-electron chi connectivity index (χ0n) is 14.5. The molecule has 2 heterocycles. The minimum atomic E-state index is -0.243. The van der Waals surface area contributed by atoms with E-state index in [1.165, 1.54) is 0 Å². The number of aliphatic hydroxyl groups is 1. The van der Waals surface area contributed by atoms with Crippen molar-refractivity contribution in [2.75, 3.05) is 13.1 Å². The lowest BCUT2D eigenvalue weighted by molar-refractivity contribution is 0.0537. The fraction of sp³-hybridized carbons (Fsp3) is 0.812. The zero-order valence-corrected chi connectivity index (χ0v) is 14.5. The Kier molecular flexibility index (Phi) is 5.98. The van der Waals surface area contributed by atoms with Crippen LogP contribution in [0.25, 0.3) is 0 Å². The summed E-state index contributed by atoms with van der Waals surface area (Å²) in [4.78, 5) is 14.1. The summed E-state index contributed by atoms with van der Waals surface area (Å²) < 4.78 is 7.37. The van der Waals surface area contributed by atoms with Gasteiger partial charge in [-0.15, -0.1) is 10.2 Å². The third kappa shape index (κ3) is 4.43. The number of nitrogens with zero attached hydrogens (tertiary/aromatic N) is 4. The number of hydrogen-bond acceptors (Lipinski definition) is 5. The van der Waals surface area contributed by atoms with Gasteiger partial charge in [0.15, 0.2) is 5.82 Å². The number of likely N-dealkylation sites (tertiary alicyclic amines) is 1. The van der Waals surface area contributed by atoms with Gasteiger partial charge >= 0.3 is 6.09 Å². The van der Waals surface area contributed by atoms with Crippen LogP contribution in [0.4, 0.5) is 4.79 Å². The Morgan fingerprint density at radius 2 is 2.13 bits per heavy atom. The van der Waals surface area contributed by atoms with Crippen LogP contribution in [0.3, 0.4) is 0 Å². The van der Waals surface area contributed by atoms with Crippen molar-refractivity contribution in [3.63, 3.8) is 0 Å². The van der Waals surface area contributed by atoms with Crippen molar-refractivity contribution >= 4 is 6.09 Å². The van der Waals surface area contributed by atoms with E-state index in [0.29, 0.717) is 24.8 Å². The lowest BCUT2D eigenvalue weighted by Crippen LogP contribution is -2.41. The van der Waals surface area contributed by atoms with Crippen LogP contribution in [0.15, 0.2) is 0 Å². The van der Waals surface area contributed by atoms with Crippen LogP contribution in [-0.2, 0) is 18.4 Å². The second kappa shape index (κ2) is 7.77. The van der Waals surface area contributed by atoms with Gasteiger partial charge in [0.1, 0.15) is 18.5 Å². The maximum Gasteiger partial charge on any atom is 0.410 e. The summed E-state index contributed by atoms with van der Waals surface area (Å²) in [6, 6.07) is 0. The van der Waals surface area contributed by atoms with E-state index in [1.54, 1.807) is 4.90 Å². The molecule has 2 unspecified atom stereocenters. The number of amides is 1. The predicted molar refractivity (Wildman–Crippen MR) is 85.9 cm³/mol. The Hall–Kier alpha value is -1.63. The van der Waals surface area contributed by atoms with Gasteiger partial charge < -0.3 is 19.3 Å². The van der Waals surface area contributed by atoms with Crippen molar-refractivity contribution < 1.29 is 14.6 Å². The minimum Gasteiger partial charge on any atom is -0.446 e. The van der Waals surface area contributed by atoms with Crippen molar-refractivity contribution in [3.05, 3.63) is 11.6 Å². The SMILES string of the molecule is CC(C)CC(C)OC(=O)N1CCCC(c2nnc(CO)n2C)C1. The first-order valence-electron chi connectivity index (χ1n) is 8.37. The normalized spacial score (nSPS) is 19.9. The van der Waals surface area contributed by atoms with E-state index in [4.69, 9.17) is 4.74 Å². The van der Waals surface area contributed by atoms with Gasteiger partial charge in [-0.1, -0.05) is 13.8 Å². The Morgan fingerprint density at radius 3 is 2.74 bits per heavy atom. The van der Waals surface area contributed by atoms with Crippen LogP contribution in [0.5, 0.6) is 0 Å². The minimum absolute atomic E-state index is 0.0707. The molecule has 0 bridgehead atoms. The molecule has 1 saturated heterocycles. The molecule has 1 fully saturated rings. The highest BCUT2D eigenvalue weighted by molar-refractivity contribution is 5.68. The highest BCUT2D eigenvalue weighted by atomic mass is 16.6. The topological polar surface area (TPSA) is 80.5 Å². The summed E-state index contributed by atoms with van der Waals surface area (Å²) in [5.74, 6) is 2.00. The molecule has 23 heavy (non-hydrogen) atoms. The molecule has 130 valence electrons. The van der Waals surface area contributed by atoms with Crippen molar-refractivity contribution in [2.24, 2.45) is 13.0 Å². The molecule has 2 rings (SSSR count). The van der Waals surface area contributed by atoms with Crippen LogP contribution in [0.1, 0.15) is 57.6 Å². The van der Waals surface area contributed by atoms with Crippen molar-refractivity contribution in [1.82, 2.24) is 19.7 Å². The molecule has 7 heteroatoms. The third-order valence-corrected chi connectivity index (χ3v) is 4.29. The number of carbonyl (C=O) groups excluding carboxylic acids is 1. The number of hydrogen-bond donors (Lipinski definition) is 1. The molecule has 1 aromatic rings. The van der Waals surface area contributed by atoms with Gasteiger partial charge in [-0.3, -0.25) is 0 Å². The molecule has 2 atom stereocenters. The number of rotatable bonds is 5. The smallest absolute Gasteiger partial charge is 0.410 e. The summed E-state index contributed by atoms with van der Waals surface area (Å²) in [6.45, 7) is 7.35. The van der Waals surface area contributed by atoms with E-state index in [9.17, 15) is 9.90 Å². The molecule has 1 aliphatic heterocycles. The van der Waals surface area contributed by atoms with Crippen LogP contribution in [-0.4, -0.2) is 50.1 Å². The average Bonchev–Trinajstić information content (AvgIpc) is 2.87. The summed E-state index contributed by atoms with van der Waals surface area (Å²) in [7, 11) is 1.85. The molecule has 7 nitrogen and oxygen atoms in total. The molecule has 0 aromatic carbocycles. The Morgan fingerprint density at radius 1 is 1.39 bits per heavy atom. The number of carbonyl (C=O) groups is 1. The standard InChI is InChI=1S/C16H28N4O3/c1-11(2)8-12(3)23-16(22)20-7-5-6-13(9-20)15-18-17-14(10-21)19(15)4/h11-13,21H,5-10H2,1-4H3. The van der Waals surface area contributed by atoms with Crippen molar-refractivity contribution in [3.8, 4) is 0 Å². The van der Waals surface area contributed by atoms with Crippen molar-refractivity contribution in [1.29, 1.82) is 0 Å². The average molecular weight is 324 g/mol. The second-order valence-corrected chi connectivity index (χ2v) is 6.80. The Labute approximate surface area is 137 Å². The molecular weight excluding hydrogens is 296 g/mol. The van der Waals surface area contributed by atoms with Gasteiger partial charge in [-0.2, -0.15) is 0 Å². The first kappa shape index (κ1) is 17.7. The molecule has 0 aliphatic carbocycles. The molecule has 0 radical (unpaired) electrons. The highest BCUT2D eigenvalue weighted by Crippen LogP contribution is 2.26. The second-order valence-electron chi connectivity index (χ2n) is 6.80. The lowest BCUT2D eigenvalue weighted by atomic mass is 9.97. The van der Waals surface area contributed by atoms with E-state index < -0.39 is 0 Å². The van der Waals surface area contributed by atoms with E-state index in [2.05, 4.69) is 24.0 Å². The first-order chi connectivity index (χ1) is 10.9. The largest absolute Gasteiger partial charge is 0.446 e. The fourth-order valence-corrected chi connectivity index (χ4v) is 3.18. The molecule has 1 aromatic heterocycles. The van der Waals surface area contributed by atoms with Gasteiger partial charge in [0.05, 0.1) is 0 Å². The van der Waals surface area contributed by atoms with E-state index in [1.807, 2.05) is 18.5 Å². The van der Waals surface area contributed by atoms with Gasteiger partial charge in [0.2, 0.25) is 0 Å². The van der Waals surface area contributed by atoms with E-state index in [0.717, 1.165) is 25.1 Å². The molecular formula is C16H28N4O3. The number of aromatic nitrogens is 3. The van der Waals surface area contributed by atoms with Gasteiger partial charge in [0.25, 0.3) is 0 Å². The summed E-state index contributed by atoms with van der Waals surface area (Å²) in [5, 5.41) is 17.4. The first-order valence-corrected chi connectivity index (χ1v) is 8.37. The monoisotopic (exact) mass is 324 g/mol. The fourth-order valence-electron chi connectivity index (χ4n) is 3.18. The van der Waals surface area contributed by atoms with Crippen molar-refractivity contribution in [2.45, 2.75) is 58.7 Å². The number of ether oxygens (including phenoxy) is 1. The van der Waals surface area contributed by atoms with Gasteiger partial charge in [-0.25, -0.2) is 4.79 Å². The third-order valence-electron chi connectivity index (χ3n) is 4.29. The van der Waals surface area contributed by atoms with Gasteiger partial charge in [0, 0.05) is 26.1 Å². The molecule has 0 saturated carbocycles. The molecule has 0 spiro atoms. The summed E-state index contributed by atoms with van der Waals surface area (Å²) in [6.07, 6.45) is 2.43. The van der Waals surface area contributed by atoms with E-state index >= 15 is 0 Å². The van der Waals surface area contributed by atoms with Crippen LogP contribution in [0, 0.1) is 5.92 Å². The summed E-state index contributed by atoms with van der Waals surface area (Å²) >= 11 is 0. The molecule has 1 amide bonds. The van der Waals surface area contributed by atoms with Crippen LogP contribution < -0.4 is 0 Å². The predicted octanol–water partition coefficient (Wildman–Crippen LogP) is 2.06. The lowest BCUT2D eigenvalue weighted by Gasteiger charge is -2.32. The number of piperidine rings is 1. The van der Waals surface area contributed by atoms with Crippen LogP contribution in [0.2, 0.25) is 0 Å². The highest BCUT2D eigenvalue weighted by Gasteiger charge is 2.29. The number of aliphatic hydroxyl groups excluding tert-OH is 1. The summed E-state index contributed by atoms with van der Waals surface area (Å²) in [5.41, 5.74) is 0. The molecule has 1 N–H and O–H groups in total. The Balaban J connectivity index is 1.97. The van der Waals surface area contributed by atoms with E-state index in [-0.39, 0.29) is 24.7 Å². The van der Waals surface area contributed by atoms with Crippen LogP contribution >= 0.6 is 0 Å². The molecule has 1 aliphatic rings.